The molecule has 5 aliphatic carbocycles. The second kappa shape index (κ2) is 11.6. The molecule has 0 spiro atoms. The summed E-state index contributed by atoms with van der Waals surface area (Å²) in [7, 11) is 0. The van der Waals surface area contributed by atoms with Gasteiger partial charge in [0.2, 0.25) is 6.29 Å². The van der Waals surface area contributed by atoms with Crippen molar-refractivity contribution in [2.24, 2.45) is 44.8 Å². The molecular formula is C36H56O11. The van der Waals surface area contributed by atoms with Crippen molar-refractivity contribution in [1.82, 2.24) is 0 Å². The van der Waals surface area contributed by atoms with Crippen LogP contribution in [0.25, 0.3) is 0 Å². The minimum absolute atomic E-state index is 0.0145. The zero-order valence-electron chi connectivity index (χ0n) is 28.6. The fraction of sp³-hybridized carbons (Fsp3) is 0.861. The van der Waals surface area contributed by atoms with Crippen molar-refractivity contribution in [2.75, 3.05) is 13.2 Å². The first-order chi connectivity index (χ1) is 21.9. The largest absolute Gasteiger partial charge is 0.432 e. The molecule has 16 atom stereocenters. The van der Waals surface area contributed by atoms with Crippen molar-refractivity contribution < 1.29 is 55.1 Å². The fourth-order valence-electron chi connectivity index (χ4n) is 11.9. The zero-order valence-corrected chi connectivity index (χ0v) is 28.6. The summed E-state index contributed by atoms with van der Waals surface area (Å²) in [5.74, 6) is -0.786. The highest BCUT2D eigenvalue weighted by Gasteiger charge is 2.72. The van der Waals surface area contributed by atoms with E-state index in [0.29, 0.717) is 38.5 Å². The van der Waals surface area contributed by atoms with E-state index in [0.717, 1.165) is 23.1 Å². The molecule has 4 fully saturated rings. The van der Waals surface area contributed by atoms with Gasteiger partial charge in [-0.25, -0.2) is 0 Å². The SMILES string of the molecule is CC1=C2C3=CC[C@@H]4[C@@]5(C)C[C@@H](O)[C@H](O)[C@@](C)(CO)[C@@H]5C(O)C[C@@]4(C)[C@]3(C)CC[C@@]2(C(=O)O[C@@H]2O[C@H](CO)[C@@H](O)[C@H](O)[C@H]2O)CC[C@H]1C. The molecule has 1 saturated heterocycles. The average molecular weight is 665 g/mol. The van der Waals surface area contributed by atoms with Crippen molar-refractivity contribution in [3.05, 3.63) is 22.8 Å². The van der Waals surface area contributed by atoms with Crippen LogP contribution in [0.1, 0.15) is 86.5 Å². The first-order valence-electron chi connectivity index (χ1n) is 17.5. The van der Waals surface area contributed by atoms with Crippen LogP contribution in [-0.4, -0.2) is 109 Å². The number of allylic oxidation sites excluding steroid dienone is 3. The Balaban J connectivity index is 1.41. The number of hydrogen-bond acceptors (Lipinski definition) is 11. The molecule has 0 radical (unpaired) electrons. The van der Waals surface area contributed by atoms with Crippen LogP contribution < -0.4 is 0 Å². The van der Waals surface area contributed by atoms with Gasteiger partial charge in [0.25, 0.3) is 0 Å². The minimum atomic E-state index is -1.70. The summed E-state index contributed by atoms with van der Waals surface area (Å²) in [6, 6.07) is 0. The molecule has 0 aromatic carbocycles. The van der Waals surface area contributed by atoms with Crippen LogP contribution in [0.2, 0.25) is 0 Å². The van der Waals surface area contributed by atoms with Crippen molar-refractivity contribution in [1.29, 1.82) is 0 Å². The standard InChI is InChI=1S/C36H56O11/c1-17-9-10-36(31(45)47-30-27(43)26(42)25(41)22(15-37)46-30)12-11-34(5)19(24(36)18(17)2)7-8-23-32(3)13-21(40)29(44)33(4,16-38)28(32)20(39)14-35(23,34)6/h7,17,20-23,25-30,37-44H,8-16H2,1-6H3/t17-,20?,21-,22-,23-,25-,26+,27-,28-,29+,30+,32-,33+,34-,35-,36+/m1/s1. The Morgan fingerprint density at radius 2 is 1.62 bits per heavy atom. The van der Waals surface area contributed by atoms with Crippen LogP contribution in [-0.2, 0) is 14.3 Å². The summed E-state index contributed by atoms with van der Waals surface area (Å²) < 4.78 is 11.5. The quantitative estimate of drug-likeness (QED) is 0.202. The molecule has 11 heteroatoms. The van der Waals surface area contributed by atoms with E-state index >= 15 is 0 Å². The van der Waals surface area contributed by atoms with Crippen LogP contribution in [0.15, 0.2) is 22.8 Å². The number of aliphatic hydroxyl groups is 8. The molecule has 266 valence electrons. The summed E-state index contributed by atoms with van der Waals surface area (Å²) >= 11 is 0. The first kappa shape index (κ1) is 35.4. The lowest BCUT2D eigenvalue weighted by Gasteiger charge is -2.71. The van der Waals surface area contributed by atoms with Gasteiger partial charge in [-0.2, -0.15) is 0 Å². The Labute approximate surface area is 277 Å². The number of hydrogen-bond donors (Lipinski definition) is 8. The van der Waals surface area contributed by atoms with Gasteiger partial charge in [0, 0.05) is 11.3 Å². The van der Waals surface area contributed by atoms with E-state index in [-0.39, 0.29) is 18.4 Å². The monoisotopic (exact) mass is 664 g/mol. The Morgan fingerprint density at radius 1 is 0.936 bits per heavy atom. The van der Waals surface area contributed by atoms with Crippen molar-refractivity contribution in [3.8, 4) is 0 Å². The summed E-state index contributed by atoms with van der Waals surface area (Å²) in [4.78, 5) is 14.4. The van der Waals surface area contributed by atoms with E-state index in [1.54, 1.807) is 6.92 Å². The Morgan fingerprint density at radius 3 is 2.26 bits per heavy atom. The lowest BCUT2D eigenvalue weighted by Crippen LogP contribution is -2.71. The van der Waals surface area contributed by atoms with Gasteiger partial charge in [0.1, 0.15) is 24.4 Å². The highest BCUT2D eigenvalue weighted by Crippen LogP contribution is 2.75. The fourth-order valence-corrected chi connectivity index (χ4v) is 11.9. The van der Waals surface area contributed by atoms with E-state index in [9.17, 15) is 45.6 Å². The third-order valence-electron chi connectivity index (χ3n) is 14.8. The molecule has 6 rings (SSSR count). The molecule has 0 aromatic heterocycles. The molecule has 6 aliphatic rings. The zero-order chi connectivity index (χ0) is 34.6. The summed E-state index contributed by atoms with van der Waals surface area (Å²) in [6.45, 7) is 11.6. The molecular weight excluding hydrogens is 608 g/mol. The van der Waals surface area contributed by atoms with Gasteiger partial charge in [0.05, 0.1) is 36.9 Å². The Bertz CT molecular complexity index is 1330. The van der Waals surface area contributed by atoms with Gasteiger partial charge in [-0.15, -0.1) is 0 Å². The maximum Gasteiger partial charge on any atom is 0.318 e. The topological polar surface area (TPSA) is 197 Å². The third-order valence-corrected chi connectivity index (χ3v) is 14.8. The molecule has 11 nitrogen and oxygen atoms in total. The molecule has 3 saturated carbocycles. The van der Waals surface area contributed by atoms with E-state index in [4.69, 9.17) is 9.47 Å². The second-order valence-electron chi connectivity index (χ2n) is 17.0. The van der Waals surface area contributed by atoms with Crippen molar-refractivity contribution >= 4 is 5.97 Å². The third kappa shape index (κ3) is 4.60. The Hall–Kier alpha value is -1.41. The van der Waals surface area contributed by atoms with Gasteiger partial charge in [-0.05, 0) is 91.1 Å². The second-order valence-corrected chi connectivity index (χ2v) is 17.0. The number of rotatable bonds is 4. The summed E-state index contributed by atoms with van der Waals surface area (Å²) in [6.07, 6.45) is -4.78. The lowest BCUT2D eigenvalue weighted by atomic mass is 9.33. The van der Waals surface area contributed by atoms with Crippen LogP contribution >= 0.6 is 0 Å². The molecule has 1 unspecified atom stereocenters. The molecule has 47 heavy (non-hydrogen) atoms. The smallest absolute Gasteiger partial charge is 0.318 e. The predicted molar refractivity (Wildman–Crippen MR) is 169 cm³/mol. The van der Waals surface area contributed by atoms with E-state index < -0.39 is 94.6 Å². The molecule has 0 amide bonds. The maximum absolute atomic E-state index is 14.4. The van der Waals surface area contributed by atoms with Crippen LogP contribution in [0.4, 0.5) is 0 Å². The summed E-state index contributed by atoms with van der Waals surface area (Å²) in [5.41, 5.74) is -0.550. The molecule has 1 aliphatic heterocycles. The Kier molecular flexibility index (Phi) is 8.72. The molecule has 0 aromatic rings. The predicted octanol–water partition coefficient (Wildman–Crippen LogP) is 1.33. The van der Waals surface area contributed by atoms with Crippen molar-refractivity contribution in [2.45, 2.75) is 136 Å². The van der Waals surface area contributed by atoms with Gasteiger partial charge >= 0.3 is 5.97 Å². The van der Waals surface area contributed by atoms with Crippen LogP contribution in [0, 0.1) is 44.8 Å². The van der Waals surface area contributed by atoms with E-state index in [2.05, 4.69) is 40.7 Å². The molecule has 8 N–H and O–H groups in total. The molecule has 0 bridgehead atoms. The highest BCUT2D eigenvalue weighted by atomic mass is 16.7. The molecule has 1 heterocycles. The maximum atomic E-state index is 14.4. The first-order valence-corrected chi connectivity index (χ1v) is 17.5. The van der Waals surface area contributed by atoms with Gasteiger partial charge < -0.3 is 50.3 Å². The van der Waals surface area contributed by atoms with E-state index in [1.807, 2.05) is 0 Å². The number of aliphatic hydroxyl groups excluding tert-OH is 8. The van der Waals surface area contributed by atoms with Crippen LogP contribution in [0.3, 0.4) is 0 Å². The number of ether oxygens (including phenoxy) is 2. The van der Waals surface area contributed by atoms with Crippen LogP contribution in [0.5, 0.6) is 0 Å². The van der Waals surface area contributed by atoms with Gasteiger partial charge in [-0.1, -0.05) is 46.3 Å². The number of esters is 1. The number of carbonyl (C=O) groups is 1. The van der Waals surface area contributed by atoms with Gasteiger partial charge in [-0.3, -0.25) is 4.79 Å². The summed E-state index contributed by atoms with van der Waals surface area (Å²) in [5, 5.41) is 85.8. The lowest BCUT2D eigenvalue weighted by molar-refractivity contribution is -0.295. The normalized spacial score (nSPS) is 54.4. The van der Waals surface area contributed by atoms with Crippen molar-refractivity contribution in [3.63, 3.8) is 0 Å². The van der Waals surface area contributed by atoms with E-state index in [1.165, 1.54) is 0 Å². The number of fused-ring (bicyclic) bond motifs is 7. The average Bonchev–Trinajstić information content (AvgIpc) is 3.02. The van der Waals surface area contributed by atoms with Gasteiger partial charge in [0.15, 0.2) is 0 Å². The highest BCUT2D eigenvalue weighted by molar-refractivity contribution is 5.84. The minimum Gasteiger partial charge on any atom is -0.432 e. The number of carbonyl (C=O) groups excluding carboxylic acids is 1.